The van der Waals surface area contributed by atoms with Gasteiger partial charge in [-0.3, -0.25) is 0 Å². The van der Waals surface area contributed by atoms with E-state index in [9.17, 15) is 4.79 Å². The average molecular weight is 360 g/mol. The quantitative estimate of drug-likeness (QED) is 0.733. The minimum atomic E-state index is -0.660. The molecule has 0 unspecified atom stereocenters. The van der Waals surface area contributed by atoms with E-state index < -0.39 is 12.1 Å². The highest BCUT2D eigenvalue weighted by Gasteiger charge is 2.37. The maximum Gasteiger partial charge on any atom is 0.339 e. The molecule has 138 valence electrons. The molecule has 0 radical (unpaired) electrons. The van der Waals surface area contributed by atoms with Crippen molar-refractivity contribution in [3.05, 3.63) is 41.0 Å². The molecule has 0 saturated carbocycles. The van der Waals surface area contributed by atoms with Crippen LogP contribution < -0.4 is 23.7 Å². The summed E-state index contributed by atoms with van der Waals surface area (Å²) in [6, 6.07) is 6.85. The minimum absolute atomic E-state index is 0.403. The van der Waals surface area contributed by atoms with E-state index in [0.717, 1.165) is 0 Å². The van der Waals surface area contributed by atoms with Crippen LogP contribution in [-0.2, 0) is 4.74 Å². The van der Waals surface area contributed by atoms with Crippen LogP contribution in [0.4, 0.5) is 0 Å². The molecule has 0 amide bonds. The number of carbonyl (C=O) groups is 1. The Morgan fingerprint density at radius 3 is 1.88 bits per heavy atom. The molecule has 7 heteroatoms. The standard InChI is InChI=1S/C19H20O7/c1-21-11-8-12-16(13(9-11)22-2)17(26-19(12)20)10-6-14(23-3)18(25-5)15(7-10)24-4/h6-9,17H,1-5H3/t17-/m0/s1. The number of fused-ring (bicyclic) bond motifs is 1. The minimum Gasteiger partial charge on any atom is -0.497 e. The third-order valence-electron chi connectivity index (χ3n) is 4.27. The maximum atomic E-state index is 12.4. The number of hydrogen-bond donors (Lipinski definition) is 0. The van der Waals surface area contributed by atoms with Crippen LogP contribution in [0, 0.1) is 0 Å². The Kier molecular flexibility index (Phi) is 4.79. The van der Waals surface area contributed by atoms with Gasteiger partial charge in [-0.25, -0.2) is 4.79 Å². The van der Waals surface area contributed by atoms with Crippen LogP contribution in [0.2, 0.25) is 0 Å². The molecule has 0 N–H and O–H groups in total. The predicted octanol–water partition coefficient (Wildman–Crippen LogP) is 2.99. The first-order chi connectivity index (χ1) is 12.6. The number of esters is 1. The lowest BCUT2D eigenvalue weighted by atomic mass is 9.97. The number of carbonyl (C=O) groups excluding carboxylic acids is 1. The summed E-state index contributed by atoms with van der Waals surface area (Å²) in [5, 5.41) is 0. The van der Waals surface area contributed by atoms with Crippen molar-refractivity contribution in [1.82, 2.24) is 0 Å². The highest BCUT2D eigenvalue weighted by atomic mass is 16.6. The summed E-state index contributed by atoms with van der Waals surface area (Å²) in [5.74, 6) is 1.98. The van der Waals surface area contributed by atoms with Gasteiger partial charge >= 0.3 is 5.97 Å². The van der Waals surface area contributed by atoms with Crippen LogP contribution in [0.5, 0.6) is 28.7 Å². The van der Waals surface area contributed by atoms with E-state index in [4.69, 9.17) is 28.4 Å². The molecule has 2 aromatic carbocycles. The topological polar surface area (TPSA) is 72.5 Å². The second kappa shape index (κ2) is 7.03. The average Bonchev–Trinajstić information content (AvgIpc) is 3.02. The summed E-state index contributed by atoms with van der Waals surface area (Å²) in [5.41, 5.74) is 1.71. The largest absolute Gasteiger partial charge is 0.497 e. The molecule has 0 spiro atoms. The summed E-state index contributed by atoms with van der Waals surface area (Å²) < 4.78 is 32.4. The Morgan fingerprint density at radius 2 is 1.38 bits per heavy atom. The Labute approximate surface area is 151 Å². The third kappa shape index (κ3) is 2.75. The molecule has 2 aromatic rings. The van der Waals surface area contributed by atoms with Gasteiger partial charge in [0.15, 0.2) is 17.6 Å². The van der Waals surface area contributed by atoms with Gasteiger partial charge in [0, 0.05) is 11.6 Å². The second-order valence-corrected chi connectivity index (χ2v) is 5.53. The lowest BCUT2D eigenvalue weighted by Crippen LogP contribution is -2.04. The monoisotopic (exact) mass is 360 g/mol. The number of methoxy groups -OCH3 is 5. The van der Waals surface area contributed by atoms with Gasteiger partial charge in [-0.1, -0.05) is 0 Å². The highest BCUT2D eigenvalue weighted by molar-refractivity contribution is 5.96. The van der Waals surface area contributed by atoms with Crippen molar-refractivity contribution in [2.24, 2.45) is 0 Å². The molecule has 1 atom stereocenters. The first-order valence-electron chi connectivity index (χ1n) is 7.84. The zero-order chi connectivity index (χ0) is 18.8. The van der Waals surface area contributed by atoms with Crippen LogP contribution in [0.25, 0.3) is 0 Å². The second-order valence-electron chi connectivity index (χ2n) is 5.53. The fraction of sp³-hybridized carbons (Fsp3) is 0.316. The lowest BCUT2D eigenvalue weighted by molar-refractivity contribution is 0.0453. The van der Waals surface area contributed by atoms with E-state index in [1.807, 2.05) is 0 Å². The van der Waals surface area contributed by atoms with E-state index in [2.05, 4.69) is 0 Å². The summed E-state index contributed by atoms with van der Waals surface area (Å²) in [4.78, 5) is 12.4. The fourth-order valence-corrected chi connectivity index (χ4v) is 3.04. The Hall–Kier alpha value is -3.09. The van der Waals surface area contributed by atoms with Crippen LogP contribution in [-0.4, -0.2) is 41.5 Å². The fourth-order valence-electron chi connectivity index (χ4n) is 3.04. The van der Waals surface area contributed by atoms with E-state index in [1.54, 1.807) is 24.3 Å². The summed E-state index contributed by atoms with van der Waals surface area (Å²) >= 11 is 0. The van der Waals surface area contributed by atoms with Crippen LogP contribution in [0.1, 0.15) is 27.6 Å². The van der Waals surface area contributed by atoms with Gasteiger partial charge in [-0.05, 0) is 18.2 Å². The Balaban J connectivity index is 2.18. The molecule has 0 bridgehead atoms. The lowest BCUT2D eigenvalue weighted by Gasteiger charge is -2.18. The first kappa shape index (κ1) is 17.7. The Bertz CT molecular complexity index is 819. The zero-order valence-corrected chi connectivity index (χ0v) is 15.2. The Morgan fingerprint density at radius 1 is 0.769 bits per heavy atom. The third-order valence-corrected chi connectivity index (χ3v) is 4.27. The normalized spacial score (nSPS) is 15.1. The molecule has 0 aromatic heterocycles. The smallest absolute Gasteiger partial charge is 0.339 e. The molecule has 0 saturated heterocycles. The molecular weight excluding hydrogens is 340 g/mol. The van der Waals surface area contributed by atoms with E-state index in [-0.39, 0.29) is 0 Å². The maximum absolute atomic E-state index is 12.4. The highest BCUT2D eigenvalue weighted by Crippen LogP contribution is 2.47. The summed E-state index contributed by atoms with van der Waals surface area (Å²) in [6.45, 7) is 0. The number of rotatable bonds is 6. The molecular formula is C19H20O7. The van der Waals surface area contributed by atoms with Gasteiger partial charge in [0.1, 0.15) is 11.5 Å². The molecule has 3 rings (SSSR count). The number of benzene rings is 2. The van der Waals surface area contributed by atoms with Crippen molar-refractivity contribution in [2.45, 2.75) is 6.10 Å². The van der Waals surface area contributed by atoms with Crippen molar-refractivity contribution in [2.75, 3.05) is 35.5 Å². The number of cyclic esters (lactones) is 1. The molecule has 0 aliphatic carbocycles. The van der Waals surface area contributed by atoms with Gasteiger partial charge in [-0.2, -0.15) is 0 Å². The van der Waals surface area contributed by atoms with Crippen molar-refractivity contribution in [3.8, 4) is 28.7 Å². The molecule has 1 heterocycles. The van der Waals surface area contributed by atoms with Crippen LogP contribution in [0.15, 0.2) is 24.3 Å². The van der Waals surface area contributed by atoms with E-state index >= 15 is 0 Å². The van der Waals surface area contributed by atoms with Gasteiger partial charge < -0.3 is 28.4 Å². The summed E-state index contributed by atoms with van der Waals surface area (Å²) in [7, 11) is 7.64. The van der Waals surface area contributed by atoms with Crippen LogP contribution >= 0.6 is 0 Å². The van der Waals surface area contributed by atoms with Gasteiger partial charge in [0.2, 0.25) is 5.75 Å². The SMILES string of the molecule is COc1cc(OC)c2c(c1)C(=O)O[C@H]2c1cc(OC)c(OC)c(OC)c1. The number of ether oxygens (including phenoxy) is 6. The van der Waals surface area contributed by atoms with Gasteiger partial charge in [0.25, 0.3) is 0 Å². The van der Waals surface area contributed by atoms with Gasteiger partial charge in [-0.15, -0.1) is 0 Å². The van der Waals surface area contributed by atoms with Crippen molar-refractivity contribution < 1.29 is 33.2 Å². The summed E-state index contributed by atoms with van der Waals surface area (Å²) in [6.07, 6.45) is -0.660. The van der Waals surface area contributed by atoms with Crippen molar-refractivity contribution >= 4 is 5.97 Å². The molecule has 0 fully saturated rings. The van der Waals surface area contributed by atoms with E-state index in [1.165, 1.54) is 35.5 Å². The van der Waals surface area contributed by atoms with E-state index in [0.29, 0.717) is 45.4 Å². The zero-order valence-electron chi connectivity index (χ0n) is 15.2. The first-order valence-corrected chi connectivity index (χ1v) is 7.84. The number of hydrogen-bond acceptors (Lipinski definition) is 7. The van der Waals surface area contributed by atoms with Crippen LogP contribution in [0.3, 0.4) is 0 Å². The van der Waals surface area contributed by atoms with Crippen molar-refractivity contribution in [1.29, 1.82) is 0 Å². The molecule has 26 heavy (non-hydrogen) atoms. The predicted molar refractivity (Wildman–Crippen MR) is 92.9 cm³/mol. The molecule has 7 nitrogen and oxygen atoms in total. The van der Waals surface area contributed by atoms with Crippen molar-refractivity contribution in [3.63, 3.8) is 0 Å². The molecule has 1 aliphatic heterocycles. The molecule has 1 aliphatic rings. The van der Waals surface area contributed by atoms with Gasteiger partial charge in [0.05, 0.1) is 46.7 Å².